The molecule has 0 heterocycles. The third-order valence-corrected chi connectivity index (χ3v) is 4.98. The van der Waals surface area contributed by atoms with E-state index in [0.717, 1.165) is 16.8 Å². The molecule has 0 aliphatic rings. The Kier molecular flexibility index (Phi) is 6.65. The van der Waals surface area contributed by atoms with Gasteiger partial charge in [-0.2, -0.15) is 0 Å². The fraction of sp³-hybridized carbons (Fsp3) is 0.182. The summed E-state index contributed by atoms with van der Waals surface area (Å²) >= 11 is 12.6. The molecule has 0 saturated carbocycles. The van der Waals surface area contributed by atoms with E-state index in [2.05, 4.69) is 5.32 Å². The van der Waals surface area contributed by atoms with Crippen molar-refractivity contribution in [3.8, 4) is 11.5 Å². The maximum atomic E-state index is 13.8. The van der Waals surface area contributed by atoms with Crippen LogP contribution in [0.4, 0.5) is 10.1 Å². The van der Waals surface area contributed by atoms with Crippen LogP contribution < -0.4 is 14.8 Å². The summed E-state index contributed by atoms with van der Waals surface area (Å²) < 4.78 is 25.0. The molecule has 3 aromatic rings. The molecular weight excluding hydrogens is 400 g/mol. The molecular formula is C22H20Cl2FNO2. The molecule has 0 spiro atoms. The molecule has 0 atom stereocenters. The molecule has 0 amide bonds. The Morgan fingerprint density at radius 1 is 1.00 bits per heavy atom. The second-order valence-corrected chi connectivity index (χ2v) is 7.12. The number of methoxy groups -OCH3 is 1. The maximum Gasteiger partial charge on any atom is 0.180 e. The van der Waals surface area contributed by atoms with Crippen molar-refractivity contribution in [1.82, 2.24) is 0 Å². The molecule has 0 aliphatic carbocycles. The monoisotopic (exact) mass is 419 g/mol. The molecule has 0 saturated heterocycles. The molecule has 0 radical (unpaired) electrons. The van der Waals surface area contributed by atoms with E-state index in [9.17, 15) is 4.39 Å². The van der Waals surface area contributed by atoms with E-state index in [1.54, 1.807) is 31.4 Å². The van der Waals surface area contributed by atoms with Gasteiger partial charge < -0.3 is 14.8 Å². The van der Waals surface area contributed by atoms with Crippen molar-refractivity contribution in [1.29, 1.82) is 0 Å². The standard InChI is InChI=1S/C22H20Cl2FNO2/c1-14-7-8-17(11-18(14)23)26-12-15-9-19(24)22(21(10-15)27-2)28-13-16-5-3-4-6-20(16)25/h3-11,26H,12-13H2,1-2H3. The minimum atomic E-state index is -0.324. The van der Waals surface area contributed by atoms with Gasteiger partial charge in [-0.25, -0.2) is 4.39 Å². The molecule has 1 N–H and O–H groups in total. The first kappa shape index (κ1) is 20.3. The SMILES string of the molecule is COc1cc(CNc2ccc(C)c(Cl)c2)cc(Cl)c1OCc1ccccc1F. The summed E-state index contributed by atoms with van der Waals surface area (Å²) in [6.07, 6.45) is 0. The molecule has 0 aliphatic heterocycles. The maximum absolute atomic E-state index is 13.8. The third kappa shape index (κ3) is 4.89. The van der Waals surface area contributed by atoms with E-state index < -0.39 is 0 Å². The smallest absolute Gasteiger partial charge is 0.180 e. The highest BCUT2D eigenvalue weighted by Gasteiger charge is 2.13. The van der Waals surface area contributed by atoms with Gasteiger partial charge in [0.2, 0.25) is 0 Å². The number of rotatable bonds is 7. The molecule has 3 aromatic carbocycles. The van der Waals surface area contributed by atoms with Gasteiger partial charge in [0.1, 0.15) is 12.4 Å². The van der Waals surface area contributed by atoms with Gasteiger partial charge in [-0.15, -0.1) is 0 Å². The summed E-state index contributed by atoms with van der Waals surface area (Å²) in [6.45, 7) is 2.54. The fourth-order valence-electron chi connectivity index (χ4n) is 2.69. The van der Waals surface area contributed by atoms with E-state index in [1.165, 1.54) is 6.07 Å². The molecule has 3 nitrogen and oxygen atoms in total. The average molecular weight is 420 g/mol. The Balaban J connectivity index is 1.73. The van der Waals surface area contributed by atoms with Gasteiger partial charge in [-0.1, -0.05) is 47.5 Å². The molecule has 0 fully saturated rings. The predicted molar refractivity (Wildman–Crippen MR) is 112 cm³/mol. The third-order valence-electron chi connectivity index (χ3n) is 4.29. The second kappa shape index (κ2) is 9.18. The number of anilines is 1. The van der Waals surface area contributed by atoms with Gasteiger partial charge in [0.05, 0.1) is 12.1 Å². The van der Waals surface area contributed by atoms with Crippen molar-refractivity contribution in [3.63, 3.8) is 0 Å². The topological polar surface area (TPSA) is 30.5 Å². The van der Waals surface area contributed by atoms with Gasteiger partial charge >= 0.3 is 0 Å². The summed E-state index contributed by atoms with van der Waals surface area (Å²) in [4.78, 5) is 0. The van der Waals surface area contributed by atoms with Crippen LogP contribution in [-0.4, -0.2) is 7.11 Å². The lowest BCUT2D eigenvalue weighted by Gasteiger charge is -2.15. The number of aryl methyl sites for hydroxylation is 1. The Hall–Kier alpha value is -2.43. The summed E-state index contributed by atoms with van der Waals surface area (Å²) in [7, 11) is 1.54. The van der Waals surface area contributed by atoms with Crippen molar-refractivity contribution in [3.05, 3.63) is 87.2 Å². The van der Waals surface area contributed by atoms with E-state index in [1.807, 2.05) is 31.2 Å². The zero-order chi connectivity index (χ0) is 20.1. The quantitative estimate of drug-likeness (QED) is 0.465. The molecule has 6 heteroatoms. The van der Waals surface area contributed by atoms with Crippen LogP contribution in [0.25, 0.3) is 0 Å². The highest BCUT2D eigenvalue weighted by molar-refractivity contribution is 6.32. The summed E-state index contributed by atoms with van der Waals surface area (Å²) in [5.74, 6) is 0.548. The lowest BCUT2D eigenvalue weighted by molar-refractivity contribution is 0.280. The second-order valence-electron chi connectivity index (χ2n) is 6.31. The van der Waals surface area contributed by atoms with Crippen molar-refractivity contribution in [2.24, 2.45) is 0 Å². The van der Waals surface area contributed by atoms with E-state index in [0.29, 0.717) is 33.7 Å². The summed E-state index contributed by atoms with van der Waals surface area (Å²) in [5, 5.41) is 4.41. The van der Waals surface area contributed by atoms with Crippen LogP contribution in [0.3, 0.4) is 0 Å². The first-order valence-corrected chi connectivity index (χ1v) is 9.46. The largest absolute Gasteiger partial charge is 0.493 e. The van der Waals surface area contributed by atoms with Crippen LogP contribution in [0, 0.1) is 12.7 Å². The van der Waals surface area contributed by atoms with Crippen LogP contribution in [0.1, 0.15) is 16.7 Å². The van der Waals surface area contributed by atoms with Crippen molar-refractivity contribution >= 4 is 28.9 Å². The predicted octanol–water partition coefficient (Wildman–Crippen LogP) is 6.64. The zero-order valence-electron chi connectivity index (χ0n) is 15.6. The number of hydrogen-bond donors (Lipinski definition) is 1. The van der Waals surface area contributed by atoms with Gasteiger partial charge in [-0.3, -0.25) is 0 Å². The van der Waals surface area contributed by atoms with Gasteiger partial charge in [0, 0.05) is 22.8 Å². The van der Waals surface area contributed by atoms with Crippen molar-refractivity contribution < 1.29 is 13.9 Å². The molecule has 0 bridgehead atoms. The Morgan fingerprint density at radius 2 is 1.79 bits per heavy atom. The summed E-state index contributed by atoms with van der Waals surface area (Å²) in [5.41, 5.74) is 3.29. The van der Waals surface area contributed by atoms with Gasteiger partial charge in [0.25, 0.3) is 0 Å². The molecule has 28 heavy (non-hydrogen) atoms. The zero-order valence-corrected chi connectivity index (χ0v) is 17.1. The number of benzene rings is 3. The van der Waals surface area contributed by atoms with Crippen LogP contribution in [-0.2, 0) is 13.2 Å². The number of nitrogens with one attached hydrogen (secondary N) is 1. The molecule has 3 rings (SSSR count). The molecule has 0 unspecified atom stereocenters. The Bertz CT molecular complexity index is 979. The first-order chi connectivity index (χ1) is 13.5. The van der Waals surface area contributed by atoms with Gasteiger partial charge in [-0.05, 0) is 48.4 Å². The van der Waals surface area contributed by atoms with Crippen LogP contribution in [0.2, 0.25) is 10.0 Å². The average Bonchev–Trinajstić information content (AvgIpc) is 2.68. The highest BCUT2D eigenvalue weighted by Crippen LogP contribution is 2.37. The van der Waals surface area contributed by atoms with Gasteiger partial charge in [0.15, 0.2) is 11.5 Å². The lowest BCUT2D eigenvalue weighted by atomic mass is 10.1. The number of halogens is 3. The van der Waals surface area contributed by atoms with Crippen molar-refractivity contribution in [2.75, 3.05) is 12.4 Å². The Morgan fingerprint density at radius 3 is 2.50 bits per heavy atom. The van der Waals surface area contributed by atoms with Crippen LogP contribution >= 0.6 is 23.2 Å². The van der Waals surface area contributed by atoms with Crippen LogP contribution in [0.15, 0.2) is 54.6 Å². The van der Waals surface area contributed by atoms with Crippen molar-refractivity contribution in [2.45, 2.75) is 20.1 Å². The summed E-state index contributed by atoms with van der Waals surface area (Å²) in [6, 6.07) is 15.9. The van der Waals surface area contributed by atoms with E-state index in [4.69, 9.17) is 32.7 Å². The lowest BCUT2D eigenvalue weighted by Crippen LogP contribution is -2.03. The molecule has 146 valence electrons. The normalized spacial score (nSPS) is 10.6. The van der Waals surface area contributed by atoms with E-state index in [-0.39, 0.29) is 12.4 Å². The Labute approximate surface area is 174 Å². The minimum absolute atomic E-state index is 0.0578. The first-order valence-electron chi connectivity index (χ1n) is 8.70. The number of ether oxygens (including phenoxy) is 2. The highest BCUT2D eigenvalue weighted by atomic mass is 35.5. The fourth-order valence-corrected chi connectivity index (χ4v) is 3.16. The minimum Gasteiger partial charge on any atom is -0.493 e. The molecule has 0 aromatic heterocycles. The van der Waals surface area contributed by atoms with E-state index >= 15 is 0 Å². The van der Waals surface area contributed by atoms with Crippen LogP contribution in [0.5, 0.6) is 11.5 Å². The number of hydrogen-bond acceptors (Lipinski definition) is 3.